The summed E-state index contributed by atoms with van der Waals surface area (Å²) >= 11 is 0. The van der Waals surface area contributed by atoms with Crippen LogP contribution in [0.1, 0.15) is 7.12 Å². The van der Waals surface area contributed by atoms with Crippen molar-refractivity contribution in [1.29, 1.82) is 0 Å². The molecule has 0 saturated carbocycles. The molecule has 1 rings (SSSR count). The van der Waals surface area contributed by atoms with E-state index in [4.69, 9.17) is 25.0 Å². The number of carbonyl (C=O) groups excluding carboxylic acids is 1. The molecule has 0 unspecified atom stereocenters. The number of rotatable bonds is 4. The van der Waals surface area contributed by atoms with E-state index < -0.39 is 20.5 Å². The first-order valence-electron chi connectivity index (χ1n) is 5.71. The zero-order valence-corrected chi connectivity index (χ0v) is 13.8. The summed E-state index contributed by atoms with van der Waals surface area (Å²) in [7, 11) is -4.89. The fourth-order valence-corrected chi connectivity index (χ4v) is 2.80. The summed E-state index contributed by atoms with van der Waals surface area (Å²) in [6.45, 7) is 5.88. The third-order valence-electron chi connectivity index (χ3n) is 2.18. The fraction of sp³-hybridized carbons (Fsp3) is 0.600. The first-order valence-corrected chi connectivity index (χ1v) is 11.3. The number of H-pyrrole nitrogens is 1. The van der Waals surface area contributed by atoms with Crippen LogP contribution in [0.4, 0.5) is 0 Å². The topological polar surface area (TPSA) is 152 Å². The number of phosphoric acid groups is 1. The van der Waals surface area contributed by atoms with E-state index in [-0.39, 0.29) is 6.95 Å². The van der Waals surface area contributed by atoms with Gasteiger partial charge in [0.1, 0.15) is 0 Å². The molecule has 1 heterocycles. The Hall–Kier alpha value is -0.620. The molecular weight excluding hydrogens is 304 g/mol. The Morgan fingerprint density at radius 2 is 2.00 bits per heavy atom. The molecule has 1 aromatic heterocycles. The molecular formula is C10H23N3O5P2. The molecule has 0 spiro atoms. The molecule has 8 nitrogen and oxygen atoms in total. The summed E-state index contributed by atoms with van der Waals surface area (Å²) in [4.78, 5) is 42.0. The number of carbonyl (C=O) groups is 1. The smallest absolute Gasteiger partial charge is 0.756 e. The monoisotopic (exact) mass is 327 g/mol. The van der Waals surface area contributed by atoms with Crippen molar-refractivity contribution in [3.05, 3.63) is 18.2 Å². The third kappa shape index (κ3) is 9.31. The van der Waals surface area contributed by atoms with Crippen LogP contribution in [0.15, 0.2) is 12.5 Å². The first-order chi connectivity index (χ1) is 8.67. The van der Waals surface area contributed by atoms with Crippen LogP contribution >= 0.6 is 14.4 Å². The van der Waals surface area contributed by atoms with Gasteiger partial charge in [-0.15, -0.1) is 0 Å². The number of aromatic nitrogens is 2. The number of imidazole rings is 1. The number of nitrogens with two attached hydrogens (primary N) is 1. The SMILES string of the molecule is CP(C)(C)(C)C(=O)[C@@H](N)Cc1c[nH]cn1.O=P([O-])(O)O.[H+]. The Bertz CT molecular complexity index is 477. The van der Waals surface area contributed by atoms with Crippen LogP contribution in [0.2, 0.25) is 0 Å². The van der Waals surface area contributed by atoms with Crippen LogP contribution in [0.5, 0.6) is 0 Å². The van der Waals surface area contributed by atoms with Gasteiger partial charge in [-0.2, -0.15) is 0 Å². The minimum Gasteiger partial charge on any atom is -0.756 e. The summed E-state index contributed by atoms with van der Waals surface area (Å²) in [6, 6.07) is -0.434. The van der Waals surface area contributed by atoms with Crippen LogP contribution in [0.3, 0.4) is 0 Å². The molecule has 1 atom stereocenters. The second-order valence-corrected chi connectivity index (χ2v) is 14.9. The zero-order valence-electron chi connectivity index (χ0n) is 13.0. The number of nitrogens with zero attached hydrogens (tertiary/aromatic N) is 1. The van der Waals surface area contributed by atoms with E-state index in [0.29, 0.717) is 6.42 Å². The molecule has 0 fully saturated rings. The molecule has 10 heteroatoms. The van der Waals surface area contributed by atoms with E-state index in [1.807, 2.05) is 26.7 Å². The standard InChI is InChI=1S/C10H20N3OP.H3O4P/c1-15(2,3,4)10(14)9(11)5-8-6-12-7-13-8;1-5(2,3)4/h6-7,9H,5,11H2,1-4H3,(H,12,13);(H3,1,2,3,4)/t9-;/m0./s1. The average molecular weight is 327 g/mol. The van der Waals surface area contributed by atoms with Crippen molar-refractivity contribution in [2.24, 2.45) is 5.73 Å². The van der Waals surface area contributed by atoms with Crippen molar-refractivity contribution in [2.75, 3.05) is 26.7 Å². The number of aromatic amines is 1. The van der Waals surface area contributed by atoms with E-state index in [1.54, 1.807) is 12.5 Å². The molecule has 0 aliphatic heterocycles. The molecule has 0 amide bonds. The van der Waals surface area contributed by atoms with Crippen molar-refractivity contribution < 1.29 is 25.5 Å². The van der Waals surface area contributed by atoms with Crippen LogP contribution in [0.25, 0.3) is 0 Å². The van der Waals surface area contributed by atoms with E-state index in [1.165, 1.54) is 0 Å². The van der Waals surface area contributed by atoms with E-state index >= 15 is 0 Å². The molecule has 5 N–H and O–H groups in total. The summed E-state index contributed by atoms with van der Waals surface area (Å²) in [5.74, 6) is 0. The largest absolute Gasteiger partial charge is 1.00 e. The maximum atomic E-state index is 12.1. The fourth-order valence-electron chi connectivity index (χ4n) is 1.38. The van der Waals surface area contributed by atoms with Crippen molar-refractivity contribution >= 4 is 20.0 Å². The summed E-state index contributed by atoms with van der Waals surface area (Å²) in [6.07, 6.45) is 3.89. The van der Waals surface area contributed by atoms with Gasteiger partial charge in [0.05, 0.1) is 0 Å². The number of nitrogens with one attached hydrogen (secondary N) is 1. The molecule has 1 aromatic rings. The van der Waals surface area contributed by atoms with Gasteiger partial charge in [-0.1, -0.05) is 0 Å². The molecule has 0 radical (unpaired) electrons. The minimum atomic E-state index is -4.89. The van der Waals surface area contributed by atoms with Gasteiger partial charge < -0.3 is 14.7 Å². The molecule has 118 valence electrons. The van der Waals surface area contributed by atoms with Gasteiger partial charge in [0, 0.05) is 0 Å². The summed E-state index contributed by atoms with van der Waals surface area (Å²) < 4.78 is 8.77. The van der Waals surface area contributed by atoms with E-state index in [9.17, 15) is 4.79 Å². The van der Waals surface area contributed by atoms with Crippen LogP contribution in [0, 0.1) is 0 Å². The van der Waals surface area contributed by atoms with Gasteiger partial charge in [-0.05, 0) is 0 Å². The minimum absolute atomic E-state index is 0. The maximum Gasteiger partial charge on any atom is 1.00 e. The van der Waals surface area contributed by atoms with Gasteiger partial charge in [0.15, 0.2) is 0 Å². The first kappa shape index (κ1) is 19.4. The summed E-state index contributed by atoms with van der Waals surface area (Å²) in [5, 5.41) is 0. The molecule has 0 aromatic carbocycles. The number of hydrogen-bond donors (Lipinski definition) is 4. The molecule has 0 aliphatic rings. The molecule has 0 bridgehead atoms. The van der Waals surface area contributed by atoms with Crippen LogP contribution in [-0.2, 0) is 15.8 Å². The normalized spacial score (nSPS) is 15.5. The van der Waals surface area contributed by atoms with Gasteiger partial charge >= 0.3 is 91.4 Å². The second kappa shape index (κ2) is 6.43. The van der Waals surface area contributed by atoms with Crippen molar-refractivity contribution in [3.63, 3.8) is 0 Å². The Kier molecular flexibility index (Phi) is 6.23. The Balaban J connectivity index is 0. The molecule has 20 heavy (non-hydrogen) atoms. The van der Waals surface area contributed by atoms with Gasteiger partial charge in [0.25, 0.3) is 7.82 Å². The second-order valence-electron chi connectivity index (χ2n) is 6.28. The predicted octanol–water partition coefficient (Wildman–Crippen LogP) is -0.569. The Labute approximate surface area is 119 Å². The average Bonchev–Trinajstić information content (AvgIpc) is 2.63. The third-order valence-corrected chi connectivity index (χ3v) is 4.28. The van der Waals surface area contributed by atoms with Crippen molar-refractivity contribution in [2.45, 2.75) is 12.5 Å². The van der Waals surface area contributed by atoms with Crippen molar-refractivity contribution in [3.8, 4) is 0 Å². The Morgan fingerprint density at radius 3 is 2.30 bits per heavy atom. The zero-order chi connectivity index (χ0) is 16.2. The van der Waals surface area contributed by atoms with Gasteiger partial charge in [0.2, 0.25) is 0 Å². The summed E-state index contributed by atoms with van der Waals surface area (Å²) in [5.41, 5.74) is 6.94. The van der Waals surface area contributed by atoms with Crippen LogP contribution < -0.4 is 10.6 Å². The van der Waals surface area contributed by atoms with Crippen molar-refractivity contribution in [1.82, 2.24) is 9.97 Å². The van der Waals surface area contributed by atoms with E-state index in [0.717, 1.165) is 5.69 Å². The predicted molar refractivity (Wildman–Crippen MR) is 79.0 cm³/mol. The Morgan fingerprint density at radius 1 is 1.55 bits per heavy atom. The van der Waals surface area contributed by atoms with Gasteiger partial charge in [-0.3, -0.25) is 4.57 Å². The maximum absolute atomic E-state index is 12.1. The molecule has 0 saturated heterocycles. The van der Waals surface area contributed by atoms with E-state index in [2.05, 4.69) is 9.97 Å². The molecule has 0 aliphatic carbocycles. The van der Waals surface area contributed by atoms with Crippen LogP contribution in [-0.4, -0.2) is 58.0 Å². The quantitative estimate of drug-likeness (QED) is 0.540. The number of hydrogen-bond acceptors (Lipinski definition) is 5. The van der Waals surface area contributed by atoms with Gasteiger partial charge in [-0.25, -0.2) is 0 Å².